The molecule has 0 spiro atoms. The second-order valence-corrected chi connectivity index (χ2v) is 5.33. The standard InChI is InChI=1S/C14H15ClN4O5/c1-8(13(22)19-5-4-17-14(19)23)24-11(20)7-18-12(21)10-6-9(15)2-3-16-10/h2-3,6,8H,4-5,7H2,1H3,(H,17,23)(H,18,21)/t8-/m1/s1. The number of nitrogens with one attached hydrogen (secondary N) is 2. The highest BCUT2D eigenvalue weighted by molar-refractivity contribution is 6.30. The molecule has 2 heterocycles. The molecule has 0 radical (unpaired) electrons. The fourth-order valence-electron chi connectivity index (χ4n) is 1.96. The van der Waals surface area contributed by atoms with Gasteiger partial charge in [0, 0.05) is 24.3 Å². The van der Waals surface area contributed by atoms with Crippen LogP contribution in [0.5, 0.6) is 0 Å². The summed E-state index contributed by atoms with van der Waals surface area (Å²) in [6.07, 6.45) is 0.222. The van der Waals surface area contributed by atoms with E-state index in [1.165, 1.54) is 25.3 Å². The molecule has 24 heavy (non-hydrogen) atoms. The van der Waals surface area contributed by atoms with Crippen LogP contribution in [0.15, 0.2) is 18.3 Å². The van der Waals surface area contributed by atoms with Gasteiger partial charge < -0.3 is 15.4 Å². The van der Waals surface area contributed by atoms with Crippen molar-refractivity contribution < 1.29 is 23.9 Å². The van der Waals surface area contributed by atoms with Gasteiger partial charge >= 0.3 is 12.0 Å². The number of carbonyl (C=O) groups is 4. The van der Waals surface area contributed by atoms with E-state index in [9.17, 15) is 19.2 Å². The first-order valence-electron chi connectivity index (χ1n) is 7.07. The number of ether oxygens (including phenoxy) is 1. The van der Waals surface area contributed by atoms with Crippen LogP contribution in [-0.4, -0.2) is 59.4 Å². The number of nitrogens with zero attached hydrogens (tertiary/aromatic N) is 2. The van der Waals surface area contributed by atoms with E-state index >= 15 is 0 Å². The quantitative estimate of drug-likeness (QED) is 0.716. The Hall–Kier alpha value is -2.68. The Labute approximate surface area is 142 Å². The Morgan fingerprint density at radius 2 is 2.25 bits per heavy atom. The largest absolute Gasteiger partial charge is 0.451 e. The highest BCUT2D eigenvalue weighted by Gasteiger charge is 2.31. The first-order chi connectivity index (χ1) is 11.4. The molecule has 1 aliphatic heterocycles. The van der Waals surface area contributed by atoms with Crippen LogP contribution in [0.1, 0.15) is 17.4 Å². The molecule has 1 aliphatic rings. The molecular formula is C14H15ClN4O5. The third-order valence-electron chi connectivity index (χ3n) is 3.13. The molecule has 2 N–H and O–H groups in total. The van der Waals surface area contributed by atoms with E-state index in [2.05, 4.69) is 15.6 Å². The maximum Gasteiger partial charge on any atom is 0.326 e. The SMILES string of the molecule is C[C@@H](OC(=O)CNC(=O)c1cc(Cl)ccn1)C(=O)N1CCNC1=O. The van der Waals surface area contributed by atoms with Crippen LogP contribution in [0.3, 0.4) is 0 Å². The average Bonchev–Trinajstić information content (AvgIpc) is 2.97. The number of aromatic nitrogens is 1. The van der Waals surface area contributed by atoms with E-state index in [4.69, 9.17) is 16.3 Å². The maximum absolute atomic E-state index is 12.0. The number of hydrogen-bond donors (Lipinski definition) is 2. The molecule has 1 atom stereocenters. The summed E-state index contributed by atoms with van der Waals surface area (Å²) < 4.78 is 4.91. The summed E-state index contributed by atoms with van der Waals surface area (Å²) in [5.41, 5.74) is 0.0492. The van der Waals surface area contributed by atoms with Crippen molar-refractivity contribution >= 4 is 35.4 Å². The van der Waals surface area contributed by atoms with E-state index in [1.54, 1.807) is 0 Å². The van der Waals surface area contributed by atoms with Crippen LogP contribution in [-0.2, 0) is 14.3 Å². The second kappa shape index (κ2) is 7.73. The molecule has 1 aromatic rings. The Morgan fingerprint density at radius 3 is 2.88 bits per heavy atom. The number of halogens is 1. The van der Waals surface area contributed by atoms with Gasteiger partial charge in [-0.2, -0.15) is 0 Å². The van der Waals surface area contributed by atoms with Crippen LogP contribution in [0.2, 0.25) is 5.02 Å². The van der Waals surface area contributed by atoms with Crippen molar-refractivity contribution in [3.63, 3.8) is 0 Å². The Balaban J connectivity index is 1.81. The molecule has 2 rings (SSSR count). The number of imide groups is 1. The third-order valence-corrected chi connectivity index (χ3v) is 3.36. The Bertz CT molecular complexity index is 681. The van der Waals surface area contributed by atoms with Gasteiger partial charge in [0.05, 0.1) is 0 Å². The van der Waals surface area contributed by atoms with E-state index in [1.807, 2.05) is 0 Å². The zero-order valence-corrected chi connectivity index (χ0v) is 13.5. The summed E-state index contributed by atoms with van der Waals surface area (Å²) in [5.74, 6) is -2.04. The van der Waals surface area contributed by atoms with Gasteiger partial charge in [-0.1, -0.05) is 11.6 Å². The minimum absolute atomic E-state index is 0.0492. The number of pyridine rings is 1. The molecule has 1 aromatic heterocycles. The van der Waals surface area contributed by atoms with Gasteiger partial charge in [0.2, 0.25) is 0 Å². The lowest BCUT2D eigenvalue weighted by Gasteiger charge is -2.18. The molecule has 0 saturated carbocycles. The minimum Gasteiger partial charge on any atom is -0.451 e. The van der Waals surface area contributed by atoms with Crippen molar-refractivity contribution in [2.45, 2.75) is 13.0 Å². The van der Waals surface area contributed by atoms with Crippen LogP contribution in [0.4, 0.5) is 4.79 Å². The normalized spacial score (nSPS) is 14.8. The lowest BCUT2D eigenvalue weighted by molar-refractivity contribution is -0.156. The first-order valence-corrected chi connectivity index (χ1v) is 7.44. The van der Waals surface area contributed by atoms with Gasteiger partial charge in [-0.25, -0.2) is 4.79 Å². The summed E-state index contributed by atoms with van der Waals surface area (Å²) >= 11 is 5.74. The van der Waals surface area contributed by atoms with Crippen molar-refractivity contribution in [3.8, 4) is 0 Å². The molecule has 10 heteroatoms. The van der Waals surface area contributed by atoms with Gasteiger partial charge in [0.25, 0.3) is 11.8 Å². The molecule has 128 valence electrons. The summed E-state index contributed by atoms with van der Waals surface area (Å²) in [6.45, 7) is 1.48. The number of rotatable bonds is 5. The summed E-state index contributed by atoms with van der Waals surface area (Å²) in [6, 6.07) is 2.33. The first kappa shape index (κ1) is 17.7. The Kier molecular flexibility index (Phi) is 5.69. The lowest BCUT2D eigenvalue weighted by Crippen LogP contribution is -2.43. The van der Waals surface area contributed by atoms with Crippen LogP contribution in [0, 0.1) is 0 Å². The number of urea groups is 1. The van der Waals surface area contributed by atoms with Gasteiger partial charge in [-0.05, 0) is 19.1 Å². The van der Waals surface area contributed by atoms with Crippen LogP contribution in [0.25, 0.3) is 0 Å². The number of carbonyl (C=O) groups excluding carboxylic acids is 4. The lowest BCUT2D eigenvalue weighted by atomic mass is 10.3. The summed E-state index contributed by atoms with van der Waals surface area (Å²) in [5, 5.41) is 5.12. The number of esters is 1. The fraction of sp³-hybridized carbons (Fsp3) is 0.357. The van der Waals surface area contributed by atoms with E-state index < -0.39 is 36.5 Å². The highest BCUT2D eigenvalue weighted by Crippen LogP contribution is 2.08. The highest BCUT2D eigenvalue weighted by atomic mass is 35.5. The van der Waals surface area contributed by atoms with Gasteiger partial charge in [-0.3, -0.25) is 24.3 Å². The van der Waals surface area contributed by atoms with Crippen LogP contribution >= 0.6 is 11.6 Å². The zero-order valence-electron chi connectivity index (χ0n) is 12.7. The van der Waals surface area contributed by atoms with E-state index in [0.717, 1.165) is 4.90 Å². The predicted molar refractivity (Wildman–Crippen MR) is 82.2 cm³/mol. The molecule has 0 bridgehead atoms. The molecule has 9 nitrogen and oxygen atoms in total. The van der Waals surface area contributed by atoms with Crippen molar-refractivity contribution in [1.82, 2.24) is 20.5 Å². The zero-order chi connectivity index (χ0) is 17.7. The van der Waals surface area contributed by atoms with Gasteiger partial charge in [-0.15, -0.1) is 0 Å². The van der Waals surface area contributed by atoms with Gasteiger partial charge in [0.1, 0.15) is 12.2 Å². The fourth-order valence-corrected chi connectivity index (χ4v) is 2.12. The van der Waals surface area contributed by atoms with Crippen LogP contribution < -0.4 is 10.6 Å². The van der Waals surface area contributed by atoms with Crippen molar-refractivity contribution in [2.24, 2.45) is 0 Å². The molecule has 4 amide bonds. The third kappa shape index (κ3) is 4.42. The predicted octanol–water partition coefficient (Wildman–Crippen LogP) is -0.0517. The van der Waals surface area contributed by atoms with Crippen molar-refractivity contribution in [1.29, 1.82) is 0 Å². The van der Waals surface area contributed by atoms with Crippen molar-refractivity contribution in [2.75, 3.05) is 19.6 Å². The van der Waals surface area contributed by atoms with Gasteiger partial charge in [0.15, 0.2) is 6.10 Å². The minimum atomic E-state index is -1.14. The number of amides is 4. The molecule has 1 fully saturated rings. The Morgan fingerprint density at radius 1 is 1.50 bits per heavy atom. The molecule has 0 aromatic carbocycles. The molecule has 0 aliphatic carbocycles. The maximum atomic E-state index is 12.0. The number of hydrogen-bond acceptors (Lipinski definition) is 6. The summed E-state index contributed by atoms with van der Waals surface area (Å²) in [7, 11) is 0. The smallest absolute Gasteiger partial charge is 0.326 e. The monoisotopic (exact) mass is 354 g/mol. The second-order valence-electron chi connectivity index (χ2n) is 4.90. The summed E-state index contributed by atoms with van der Waals surface area (Å²) in [4.78, 5) is 51.6. The van der Waals surface area contributed by atoms with E-state index in [-0.39, 0.29) is 12.2 Å². The topological polar surface area (TPSA) is 118 Å². The molecular weight excluding hydrogens is 340 g/mol. The van der Waals surface area contributed by atoms with Crippen molar-refractivity contribution in [3.05, 3.63) is 29.0 Å². The molecule has 0 unspecified atom stereocenters. The van der Waals surface area contributed by atoms with E-state index in [0.29, 0.717) is 11.6 Å². The average molecular weight is 355 g/mol. The molecule has 1 saturated heterocycles.